The molecule has 2 heterocycles. The molecule has 0 spiro atoms. The van der Waals surface area contributed by atoms with Gasteiger partial charge >= 0.3 is 0 Å². The zero-order chi connectivity index (χ0) is 21.1. The van der Waals surface area contributed by atoms with Crippen LogP contribution in [0.4, 0.5) is 5.13 Å². The largest absolute Gasteiger partial charge is 0.497 e. The Balaban J connectivity index is 0.00000272. The van der Waals surface area contributed by atoms with E-state index in [1.807, 2.05) is 29.2 Å². The van der Waals surface area contributed by atoms with Gasteiger partial charge in [0.1, 0.15) is 5.75 Å². The van der Waals surface area contributed by atoms with Crippen molar-refractivity contribution in [2.45, 2.75) is 13.8 Å². The summed E-state index contributed by atoms with van der Waals surface area (Å²) in [6.45, 7) is 8.82. The molecule has 1 aromatic heterocycles. The molecule has 0 unspecified atom stereocenters. The monoisotopic (exact) mass is 461 g/mol. The highest BCUT2D eigenvalue weighted by molar-refractivity contribution is 7.22. The van der Waals surface area contributed by atoms with Crippen molar-refractivity contribution in [3.63, 3.8) is 0 Å². The van der Waals surface area contributed by atoms with Gasteiger partial charge in [0, 0.05) is 31.7 Å². The highest BCUT2D eigenvalue weighted by atomic mass is 35.5. The number of benzene rings is 2. The molecule has 8 heteroatoms. The van der Waals surface area contributed by atoms with E-state index in [2.05, 4.69) is 30.9 Å². The van der Waals surface area contributed by atoms with Gasteiger partial charge in [-0.05, 0) is 55.3 Å². The molecule has 0 aliphatic carbocycles. The first-order valence-electron chi connectivity index (χ1n) is 10.2. The van der Waals surface area contributed by atoms with Crippen molar-refractivity contribution in [2.75, 3.05) is 51.4 Å². The molecule has 0 saturated carbocycles. The van der Waals surface area contributed by atoms with Crippen LogP contribution in [-0.2, 0) is 4.74 Å². The Morgan fingerprint density at radius 3 is 2.55 bits per heavy atom. The predicted molar refractivity (Wildman–Crippen MR) is 128 cm³/mol. The number of morpholine rings is 1. The number of amides is 1. The lowest BCUT2D eigenvalue weighted by atomic mass is 10.1. The normalized spacial score (nSPS) is 14.3. The van der Waals surface area contributed by atoms with Gasteiger partial charge in [-0.15, -0.1) is 12.4 Å². The van der Waals surface area contributed by atoms with E-state index in [0.717, 1.165) is 53.9 Å². The first kappa shape index (κ1) is 23.5. The Morgan fingerprint density at radius 1 is 1.16 bits per heavy atom. The lowest BCUT2D eigenvalue weighted by molar-refractivity contribution is 0.0391. The number of carbonyl (C=O) groups excluding carboxylic acids is 1. The molecule has 0 bridgehead atoms. The number of anilines is 1. The standard InChI is InChI=1S/C23H27N3O3S.ClH/c1-16-4-9-20-21(17(16)2)24-23(30-20)26(11-10-25-12-14-29-15-13-25)22(27)18-5-7-19(28-3)8-6-18;/h4-9H,10-15H2,1-3H3;1H. The van der Waals surface area contributed by atoms with Gasteiger partial charge in [-0.25, -0.2) is 4.98 Å². The van der Waals surface area contributed by atoms with Crippen LogP contribution in [-0.4, -0.2) is 62.3 Å². The summed E-state index contributed by atoms with van der Waals surface area (Å²) < 4.78 is 11.8. The number of hydrogen-bond acceptors (Lipinski definition) is 6. The van der Waals surface area contributed by atoms with Gasteiger partial charge in [-0.2, -0.15) is 0 Å². The first-order chi connectivity index (χ1) is 14.6. The maximum atomic E-state index is 13.5. The third-order valence-electron chi connectivity index (χ3n) is 5.63. The number of rotatable bonds is 6. The van der Waals surface area contributed by atoms with Gasteiger partial charge in [0.05, 0.1) is 30.5 Å². The Morgan fingerprint density at radius 2 is 1.87 bits per heavy atom. The van der Waals surface area contributed by atoms with Crippen LogP contribution in [0.2, 0.25) is 0 Å². The van der Waals surface area contributed by atoms with Crippen LogP contribution in [0.5, 0.6) is 5.75 Å². The Kier molecular flexibility index (Phi) is 7.89. The summed E-state index contributed by atoms with van der Waals surface area (Å²) in [5.74, 6) is 0.692. The molecule has 2 aromatic carbocycles. The van der Waals surface area contributed by atoms with E-state index in [0.29, 0.717) is 12.1 Å². The van der Waals surface area contributed by atoms with Crippen LogP contribution in [0.3, 0.4) is 0 Å². The minimum atomic E-state index is -0.0423. The first-order valence-corrected chi connectivity index (χ1v) is 11.0. The molecule has 1 aliphatic heterocycles. The predicted octanol–water partition coefficient (Wildman–Crippen LogP) is 4.32. The van der Waals surface area contributed by atoms with Crippen LogP contribution < -0.4 is 9.64 Å². The van der Waals surface area contributed by atoms with Crippen LogP contribution >= 0.6 is 23.7 Å². The minimum absolute atomic E-state index is 0. The van der Waals surface area contributed by atoms with E-state index in [1.165, 1.54) is 11.1 Å². The molecule has 1 fully saturated rings. The number of aromatic nitrogens is 1. The van der Waals surface area contributed by atoms with Crippen LogP contribution in [0, 0.1) is 13.8 Å². The molecule has 6 nitrogen and oxygen atoms in total. The summed E-state index contributed by atoms with van der Waals surface area (Å²) in [4.78, 5) is 22.5. The van der Waals surface area contributed by atoms with Crippen LogP contribution in [0.1, 0.15) is 21.5 Å². The number of halogens is 1. The zero-order valence-corrected chi connectivity index (χ0v) is 19.7. The summed E-state index contributed by atoms with van der Waals surface area (Å²) in [5.41, 5.74) is 3.99. The van der Waals surface area contributed by atoms with Gasteiger partial charge < -0.3 is 9.47 Å². The summed E-state index contributed by atoms with van der Waals surface area (Å²) >= 11 is 1.57. The molecule has 1 saturated heterocycles. The second-order valence-corrected chi connectivity index (χ2v) is 8.50. The van der Waals surface area contributed by atoms with E-state index in [-0.39, 0.29) is 18.3 Å². The lowest BCUT2D eigenvalue weighted by Gasteiger charge is -2.29. The van der Waals surface area contributed by atoms with Gasteiger partial charge in [0.2, 0.25) is 0 Å². The maximum absolute atomic E-state index is 13.5. The second-order valence-electron chi connectivity index (χ2n) is 7.49. The van der Waals surface area contributed by atoms with Crippen LogP contribution in [0.25, 0.3) is 10.2 Å². The smallest absolute Gasteiger partial charge is 0.260 e. The fourth-order valence-electron chi connectivity index (χ4n) is 3.57. The molecule has 4 rings (SSSR count). The topological polar surface area (TPSA) is 54.9 Å². The van der Waals surface area contributed by atoms with E-state index in [4.69, 9.17) is 14.5 Å². The SMILES string of the molecule is COc1ccc(C(=O)N(CCN2CCOCC2)c2nc3c(C)c(C)ccc3s2)cc1.Cl. The maximum Gasteiger partial charge on any atom is 0.260 e. The fourth-order valence-corrected chi connectivity index (χ4v) is 4.62. The van der Waals surface area contributed by atoms with Crippen molar-refractivity contribution in [2.24, 2.45) is 0 Å². The number of fused-ring (bicyclic) bond motifs is 1. The fraction of sp³-hybridized carbons (Fsp3) is 0.391. The van der Waals surface area contributed by atoms with Crippen molar-refractivity contribution in [3.8, 4) is 5.75 Å². The van der Waals surface area contributed by atoms with Crippen molar-refractivity contribution < 1.29 is 14.3 Å². The van der Waals surface area contributed by atoms with Crippen molar-refractivity contribution in [1.82, 2.24) is 9.88 Å². The molecule has 1 aliphatic rings. The minimum Gasteiger partial charge on any atom is -0.497 e. The van der Waals surface area contributed by atoms with E-state index in [1.54, 1.807) is 18.4 Å². The molecule has 0 radical (unpaired) electrons. The third-order valence-corrected chi connectivity index (χ3v) is 6.67. The molecule has 3 aromatic rings. The summed E-state index contributed by atoms with van der Waals surface area (Å²) in [6, 6.07) is 11.5. The van der Waals surface area contributed by atoms with Crippen molar-refractivity contribution >= 4 is 45.0 Å². The van der Waals surface area contributed by atoms with Crippen molar-refractivity contribution in [3.05, 3.63) is 53.1 Å². The summed E-state index contributed by atoms with van der Waals surface area (Å²) in [7, 11) is 1.62. The summed E-state index contributed by atoms with van der Waals surface area (Å²) in [5, 5.41) is 0.743. The highest BCUT2D eigenvalue weighted by Crippen LogP contribution is 2.32. The van der Waals surface area contributed by atoms with E-state index in [9.17, 15) is 4.79 Å². The average Bonchev–Trinajstić information content (AvgIpc) is 3.22. The molecule has 0 atom stereocenters. The highest BCUT2D eigenvalue weighted by Gasteiger charge is 2.23. The number of hydrogen-bond donors (Lipinski definition) is 0. The quantitative estimate of drug-likeness (QED) is 0.547. The third kappa shape index (κ3) is 5.18. The number of methoxy groups -OCH3 is 1. The number of ether oxygens (including phenoxy) is 2. The molecular formula is C23H28ClN3O3S. The Bertz CT molecular complexity index is 1030. The summed E-state index contributed by atoms with van der Waals surface area (Å²) in [6.07, 6.45) is 0. The number of thiazole rings is 1. The van der Waals surface area contributed by atoms with Gasteiger partial charge in [-0.3, -0.25) is 14.6 Å². The molecule has 0 N–H and O–H groups in total. The van der Waals surface area contributed by atoms with Gasteiger partial charge in [0.15, 0.2) is 5.13 Å². The number of nitrogens with zero attached hydrogens (tertiary/aromatic N) is 3. The Hall–Kier alpha value is -2.19. The zero-order valence-electron chi connectivity index (χ0n) is 18.1. The molecule has 1 amide bonds. The van der Waals surface area contributed by atoms with Crippen LogP contribution in [0.15, 0.2) is 36.4 Å². The van der Waals surface area contributed by atoms with Crippen molar-refractivity contribution in [1.29, 1.82) is 0 Å². The molecule has 166 valence electrons. The molecular weight excluding hydrogens is 434 g/mol. The second kappa shape index (κ2) is 10.4. The lowest BCUT2D eigenvalue weighted by Crippen LogP contribution is -2.43. The van der Waals surface area contributed by atoms with Gasteiger partial charge in [-0.1, -0.05) is 17.4 Å². The number of aryl methyl sites for hydroxylation is 2. The van der Waals surface area contributed by atoms with E-state index < -0.39 is 0 Å². The molecule has 31 heavy (non-hydrogen) atoms. The van der Waals surface area contributed by atoms with Gasteiger partial charge in [0.25, 0.3) is 5.91 Å². The Labute approximate surface area is 193 Å². The van der Waals surface area contributed by atoms with E-state index >= 15 is 0 Å². The number of carbonyl (C=O) groups is 1. The average molecular weight is 462 g/mol.